The van der Waals surface area contributed by atoms with Crippen LogP contribution in [0.3, 0.4) is 0 Å². The van der Waals surface area contributed by atoms with Crippen LogP contribution < -0.4 is 0 Å². The number of methoxy groups -OCH3 is 1. The Morgan fingerprint density at radius 1 is 0.978 bits per heavy atom. The minimum absolute atomic E-state index is 0.0723. The summed E-state index contributed by atoms with van der Waals surface area (Å²) in [4.78, 5) is 11.5. The molecule has 0 spiro atoms. The molecule has 0 aromatic heterocycles. The van der Waals surface area contributed by atoms with Crippen molar-refractivity contribution in [2.75, 3.05) is 26.6 Å². The Kier molecular flexibility index (Phi) is 14.9. The first kappa shape index (κ1) is 36.5. The van der Waals surface area contributed by atoms with E-state index < -0.39 is 16.2 Å². The number of carbonyl (C=O) groups excluding carboxylic acids is 1. The standard InChI is InChI=1S/C35H58O9S/c1-4-5-21-35(22-14-23-35)31(43-34-18-11-13-25-41-34)20-19-28-27(15-8-6-7-9-16-32(36)39-2)30(44-45(3,37)38)26-29(28)42-33-17-10-12-24-40-33/h6,8,19-20,27-31,33-34H,4-5,7,9-18,21-26H2,1-3H3/t27-,28-,29-,30-,31-,33?,34?/m1/s1. The zero-order valence-corrected chi connectivity index (χ0v) is 28.7. The van der Waals surface area contributed by atoms with E-state index in [-0.39, 0.29) is 48.0 Å². The van der Waals surface area contributed by atoms with Gasteiger partial charge in [-0.2, -0.15) is 8.42 Å². The van der Waals surface area contributed by atoms with Gasteiger partial charge in [0, 0.05) is 37.4 Å². The monoisotopic (exact) mass is 654 g/mol. The molecule has 0 bridgehead atoms. The Morgan fingerprint density at radius 3 is 2.31 bits per heavy atom. The van der Waals surface area contributed by atoms with Crippen molar-refractivity contribution in [2.24, 2.45) is 17.3 Å². The van der Waals surface area contributed by atoms with Crippen molar-refractivity contribution >= 4 is 16.1 Å². The molecule has 0 N–H and O–H groups in total. The molecule has 9 nitrogen and oxygen atoms in total. The second kappa shape index (κ2) is 18.3. The molecule has 4 aliphatic rings. The van der Waals surface area contributed by atoms with Gasteiger partial charge in [-0.05, 0) is 83.0 Å². The van der Waals surface area contributed by atoms with Crippen LogP contribution in [0.1, 0.15) is 116 Å². The van der Waals surface area contributed by atoms with E-state index in [2.05, 4.69) is 31.2 Å². The van der Waals surface area contributed by atoms with E-state index in [1.165, 1.54) is 20.0 Å². The fourth-order valence-electron chi connectivity index (χ4n) is 7.43. The van der Waals surface area contributed by atoms with Crippen LogP contribution in [0, 0.1) is 17.3 Å². The summed E-state index contributed by atoms with van der Waals surface area (Å²) < 4.78 is 60.7. The molecule has 2 aliphatic heterocycles. The van der Waals surface area contributed by atoms with Crippen LogP contribution >= 0.6 is 0 Å². The van der Waals surface area contributed by atoms with Crippen molar-refractivity contribution in [3.8, 4) is 0 Å². The fraction of sp³-hybridized carbons (Fsp3) is 0.857. The highest BCUT2D eigenvalue weighted by molar-refractivity contribution is 7.86. The topological polar surface area (TPSA) is 107 Å². The molecule has 0 aromatic rings. The maximum Gasteiger partial charge on any atom is 0.305 e. The lowest BCUT2D eigenvalue weighted by molar-refractivity contribution is -0.211. The lowest BCUT2D eigenvalue weighted by atomic mass is 9.62. The zero-order chi connectivity index (χ0) is 32.1. The van der Waals surface area contributed by atoms with Gasteiger partial charge in [-0.25, -0.2) is 0 Å². The molecular weight excluding hydrogens is 596 g/mol. The van der Waals surface area contributed by atoms with E-state index in [0.717, 1.165) is 83.5 Å². The first-order valence-electron chi connectivity index (χ1n) is 17.6. The SMILES string of the molecule is CCCCC1([C@@H](C=C[C@@H]2[C@@H](CC=CCCCC(=O)OC)[C@H](OS(C)(=O)=O)C[C@H]2OC2CCCCO2)OC2CCCCO2)CCC1. The molecule has 2 unspecified atom stereocenters. The number of carbonyl (C=O) groups is 1. The van der Waals surface area contributed by atoms with Gasteiger partial charge in [-0.1, -0.05) is 50.5 Å². The Labute approximate surface area is 271 Å². The van der Waals surface area contributed by atoms with E-state index in [0.29, 0.717) is 32.3 Å². The van der Waals surface area contributed by atoms with Crippen molar-refractivity contribution < 1.29 is 41.1 Å². The highest BCUT2D eigenvalue weighted by Gasteiger charge is 2.47. The Balaban J connectivity index is 1.58. The Morgan fingerprint density at radius 2 is 1.71 bits per heavy atom. The first-order valence-corrected chi connectivity index (χ1v) is 19.4. The van der Waals surface area contributed by atoms with E-state index in [1.807, 2.05) is 0 Å². The van der Waals surface area contributed by atoms with Crippen molar-refractivity contribution in [2.45, 2.75) is 147 Å². The van der Waals surface area contributed by atoms with Gasteiger partial charge < -0.3 is 23.7 Å². The molecule has 0 amide bonds. The van der Waals surface area contributed by atoms with E-state index >= 15 is 0 Å². The lowest BCUT2D eigenvalue weighted by Crippen LogP contribution is -2.44. The number of rotatable bonds is 18. The van der Waals surface area contributed by atoms with Gasteiger partial charge >= 0.3 is 5.97 Å². The summed E-state index contributed by atoms with van der Waals surface area (Å²) in [6, 6.07) is 0. The molecule has 10 heteroatoms. The smallest absolute Gasteiger partial charge is 0.305 e. The van der Waals surface area contributed by atoms with Crippen LogP contribution in [0.15, 0.2) is 24.3 Å². The van der Waals surface area contributed by atoms with E-state index in [4.69, 9.17) is 27.9 Å². The largest absolute Gasteiger partial charge is 0.469 e. The number of esters is 1. The van der Waals surface area contributed by atoms with Crippen LogP contribution in [0.25, 0.3) is 0 Å². The van der Waals surface area contributed by atoms with Crippen molar-refractivity contribution in [3.05, 3.63) is 24.3 Å². The quantitative estimate of drug-likeness (QED) is 0.0669. The normalized spacial score (nSPS) is 31.3. The summed E-state index contributed by atoms with van der Waals surface area (Å²) in [6.45, 7) is 3.66. The van der Waals surface area contributed by atoms with Crippen LogP contribution in [0.4, 0.5) is 0 Å². The maximum atomic E-state index is 12.4. The predicted octanol–water partition coefficient (Wildman–Crippen LogP) is 7.00. The van der Waals surface area contributed by atoms with Crippen molar-refractivity contribution in [1.82, 2.24) is 0 Å². The summed E-state index contributed by atoms with van der Waals surface area (Å²) in [5.41, 5.74) is 0.104. The summed E-state index contributed by atoms with van der Waals surface area (Å²) in [5.74, 6) is -0.404. The molecule has 2 saturated heterocycles. The first-order chi connectivity index (χ1) is 21.7. The molecule has 7 atom stereocenters. The third kappa shape index (κ3) is 11.4. The van der Waals surface area contributed by atoms with Gasteiger partial charge in [0.15, 0.2) is 12.6 Å². The van der Waals surface area contributed by atoms with Crippen LogP contribution in [-0.2, 0) is 42.8 Å². The molecule has 2 heterocycles. The number of hydrogen-bond donors (Lipinski definition) is 0. The average Bonchev–Trinajstić information content (AvgIpc) is 3.31. The van der Waals surface area contributed by atoms with E-state index in [9.17, 15) is 13.2 Å². The summed E-state index contributed by atoms with van der Waals surface area (Å²) in [7, 11) is -2.28. The van der Waals surface area contributed by atoms with Crippen molar-refractivity contribution in [3.63, 3.8) is 0 Å². The van der Waals surface area contributed by atoms with Gasteiger partial charge in [0.1, 0.15) is 0 Å². The number of ether oxygens (including phenoxy) is 5. The van der Waals surface area contributed by atoms with Crippen LogP contribution in [0.2, 0.25) is 0 Å². The molecular formula is C35H58O9S. The average molecular weight is 655 g/mol. The van der Waals surface area contributed by atoms with Crippen LogP contribution in [-0.4, -0.2) is 71.9 Å². The fourth-order valence-corrected chi connectivity index (χ4v) is 8.10. The summed E-state index contributed by atoms with van der Waals surface area (Å²) in [5, 5.41) is 0. The third-order valence-electron chi connectivity index (χ3n) is 10.1. The molecule has 4 rings (SSSR count). The maximum absolute atomic E-state index is 12.4. The second-order valence-electron chi connectivity index (χ2n) is 13.5. The molecule has 2 aliphatic carbocycles. The van der Waals surface area contributed by atoms with Gasteiger partial charge in [0.2, 0.25) is 0 Å². The van der Waals surface area contributed by atoms with Gasteiger partial charge in [-0.3, -0.25) is 8.98 Å². The van der Waals surface area contributed by atoms with Gasteiger partial charge in [-0.15, -0.1) is 0 Å². The highest BCUT2D eigenvalue weighted by Crippen LogP contribution is 2.51. The Bertz CT molecular complexity index is 1040. The second-order valence-corrected chi connectivity index (χ2v) is 15.1. The summed E-state index contributed by atoms with van der Waals surface area (Å²) in [6.07, 6.45) is 24.4. The molecule has 4 fully saturated rings. The van der Waals surface area contributed by atoms with Gasteiger partial charge in [0.25, 0.3) is 10.1 Å². The number of unbranched alkanes of at least 4 members (excludes halogenated alkanes) is 2. The zero-order valence-electron chi connectivity index (χ0n) is 27.9. The molecule has 45 heavy (non-hydrogen) atoms. The molecule has 0 radical (unpaired) electrons. The highest BCUT2D eigenvalue weighted by atomic mass is 32.2. The summed E-state index contributed by atoms with van der Waals surface area (Å²) >= 11 is 0. The van der Waals surface area contributed by atoms with Gasteiger partial charge in [0.05, 0.1) is 31.7 Å². The molecule has 258 valence electrons. The lowest BCUT2D eigenvalue weighted by Gasteiger charge is -2.48. The molecule has 0 aromatic carbocycles. The number of allylic oxidation sites excluding steroid dienone is 2. The minimum Gasteiger partial charge on any atom is -0.469 e. The third-order valence-corrected chi connectivity index (χ3v) is 10.7. The number of hydrogen-bond acceptors (Lipinski definition) is 9. The minimum atomic E-state index is -3.68. The Hall–Kier alpha value is -1.30. The predicted molar refractivity (Wildman–Crippen MR) is 173 cm³/mol. The van der Waals surface area contributed by atoms with Crippen molar-refractivity contribution in [1.29, 1.82) is 0 Å². The van der Waals surface area contributed by atoms with E-state index in [1.54, 1.807) is 0 Å². The van der Waals surface area contributed by atoms with Crippen LogP contribution in [0.5, 0.6) is 0 Å². The molecule has 2 saturated carbocycles.